The summed E-state index contributed by atoms with van der Waals surface area (Å²) < 4.78 is 0. The summed E-state index contributed by atoms with van der Waals surface area (Å²) in [4.78, 5) is 14.8. The molecule has 1 aliphatic carbocycles. The summed E-state index contributed by atoms with van der Waals surface area (Å²) in [5, 5.41) is 14.8. The number of nitrogens with one attached hydrogen (secondary N) is 2. The molecule has 3 N–H and O–H groups in total. The first kappa shape index (κ1) is 12.2. The molecule has 0 amide bonds. The van der Waals surface area contributed by atoms with Gasteiger partial charge in [-0.2, -0.15) is 0 Å². The maximum absolute atomic E-state index is 12.0. The normalized spacial score (nSPS) is 23.4. The van der Waals surface area contributed by atoms with Gasteiger partial charge in [-0.1, -0.05) is 31.0 Å². The summed E-state index contributed by atoms with van der Waals surface area (Å²) in [7, 11) is 0. The first-order valence-corrected chi connectivity index (χ1v) is 6.81. The molecule has 1 saturated carbocycles. The lowest BCUT2D eigenvalue weighted by atomic mass is 9.92. The van der Waals surface area contributed by atoms with Crippen molar-refractivity contribution >= 4 is 16.6 Å². The lowest BCUT2D eigenvalue weighted by molar-refractivity contribution is 0.116. The molecule has 1 aromatic heterocycles. The van der Waals surface area contributed by atoms with E-state index in [1.807, 2.05) is 30.3 Å². The SMILES string of the molecule is O=c1[nH]c(NC2CCCCC2O)cc2ccccc12. The maximum Gasteiger partial charge on any atom is 0.257 e. The predicted octanol–water partition coefficient (Wildman–Crippen LogP) is 2.24. The summed E-state index contributed by atoms with van der Waals surface area (Å²) in [6.07, 6.45) is 3.63. The van der Waals surface area contributed by atoms with Crippen LogP contribution in [0.2, 0.25) is 0 Å². The Morgan fingerprint density at radius 1 is 1.21 bits per heavy atom. The van der Waals surface area contributed by atoms with Gasteiger partial charge in [0.1, 0.15) is 5.82 Å². The standard InChI is InChI=1S/C15H18N2O2/c18-13-8-4-3-7-12(13)16-14-9-10-5-1-2-6-11(10)15(19)17-14/h1-2,5-6,9,12-13,18H,3-4,7-8H2,(H2,16,17,19). The molecule has 1 aromatic carbocycles. The zero-order valence-corrected chi connectivity index (χ0v) is 10.7. The van der Waals surface area contributed by atoms with Crippen LogP contribution in [0.3, 0.4) is 0 Å². The molecule has 0 radical (unpaired) electrons. The number of aromatic nitrogens is 1. The van der Waals surface area contributed by atoms with E-state index in [2.05, 4.69) is 10.3 Å². The van der Waals surface area contributed by atoms with Crippen molar-refractivity contribution in [3.05, 3.63) is 40.7 Å². The molecule has 4 nitrogen and oxygen atoms in total. The minimum atomic E-state index is -0.330. The molecule has 2 aromatic rings. The van der Waals surface area contributed by atoms with Crippen LogP contribution in [0.15, 0.2) is 35.1 Å². The monoisotopic (exact) mass is 258 g/mol. The number of aromatic amines is 1. The Kier molecular flexibility index (Phi) is 3.25. The van der Waals surface area contributed by atoms with E-state index in [0.717, 1.165) is 31.1 Å². The Balaban J connectivity index is 1.91. The minimum absolute atomic E-state index is 0.0329. The average Bonchev–Trinajstić information content (AvgIpc) is 2.42. The van der Waals surface area contributed by atoms with Crippen LogP contribution < -0.4 is 10.9 Å². The zero-order chi connectivity index (χ0) is 13.2. The van der Waals surface area contributed by atoms with E-state index < -0.39 is 0 Å². The highest BCUT2D eigenvalue weighted by Gasteiger charge is 2.22. The van der Waals surface area contributed by atoms with Crippen molar-refractivity contribution in [1.82, 2.24) is 4.98 Å². The number of anilines is 1. The fourth-order valence-corrected chi connectivity index (χ4v) is 2.77. The van der Waals surface area contributed by atoms with E-state index >= 15 is 0 Å². The van der Waals surface area contributed by atoms with Crippen molar-refractivity contribution in [3.63, 3.8) is 0 Å². The maximum atomic E-state index is 12.0. The molecule has 0 spiro atoms. The molecule has 1 heterocycles. The quantitative estimate of drug-likeness (QED) is 0.774. The Hall–Kier alpha value is -1.81. The topological polar surface area (TPSA) is 65.1 Å². The molecular weight excluding hydrogens is 240 g/mol. The number of pyridine rings is 1. The highest BCUT2D eigenvalue weighted by atomic mass is 16.3. The Morgan fingerprint density at radius 3 is 2.84 bits per heavy atom. The molecule has 4 heteroatoms. The highest BCUT2D eigenvalue weighted by Crippen LogP contribution is 2.22. The van der Waals surface area contributed by atoms with Gasteiger partial charge in [-0.3, -0.25) is 4.79 Å². The van der Waals surface area contributed by atoms with Gasteiger partial charge < -0.3 is 15.4 Å². The van der Waals surface area contributed by atoms with Gasteiger partial charge in [-0.15, -0.1) is 0 Å². The number of hydrogen-bond acceptors (Lipinski definition) is 3. The van der Waals surface area contributed by atoms with Gasteiger partial charge in [-0.05, 0) is 30.4 Å². The molecule has 1 aliphatic rings. The number of benzene rings is 1. The largest absolute Gasteiger partial charge is 0.391 e. The molecule has 2 unspecified atom stereocenters. The summed E-state index contributed by atoms with van der Waals surface area (Å²) in [5.74, 6) is 0.689. The van der Waals surface area contributed by atoms with Crippen LogP contribution in [-0.4, -0.2) is 22.2 Å². The highest BCUT2D eigenvalue weighted by molar-refractivity contribution is 5.83. The fourth-order valence-electron chi connectivity index (χ4n) is 2.77. The second-order valence-corrected chi connectivity index (χ2v) is 5.20. The molecule has 100 valence electrons. The predicted molar refractivity (Wildman–Crippen MR) is 76.5 cm³/mol. The summed E-state index contributed by atoms with van der Waals surface area (Å²) in [6, 6.07) is 9.47. The molecule has 0 bridgehead atoms. The van der Waals surface area contributed by atoms with Gasteiger partial charge in [-0.25, -0.2) is 0 Å². The Morgan fingerprint density at radius 2 is 2.00 bits per heavy atom. The van der Waals surface area contributed by atoms with Crippen LogP contribution in [0.4, 0.5) is 5.82 Å². The van der Waals surface area contributed by atoms with Gasteiger partial charge in [0, 0.05) is 5.39 Å². The lowest BCUT2D eigenvalue weighted by Gasteiger charge is -2.29. The summed E-state index contributed by atoms with van der Waals surface area (Å²) in [5.41, 5.74) is -0.0918. The van der Waals surface area contributed by atoms with E-state index in [1.54, 1.807) is 0 Å². The number of H-pyrrole nitrogens is 1. The van der Waals surface area contributed by atoms with E-state index in [4.69, 9.17) is 0 Å². The minimum Gasteiger partial charge on any atom is -0.391 e. The van der Waals surface area contributed by atoms with Crippen LogP contribution in [0.5, 0.6) is 0 Å². The third-order valence-corrected chi connectivity index (χ3v) is 3.82. The van der Waals surface area contributed by atoms with E-state index in [1.165, 1.54) is 0 Å². The molecule has 3 rings (SSSR count). The van der Waals surface area contributed by atoms with Crippen molar-refractivity contribution in [2.24, 2.45) is 0 Å². The fraction of sp³-hybridized carbons (Fsp3) is 0.400. The van der Waals surface area contributed by atoms with Gasteiger partial charge in [0.2, 0.25) is 0 Å². The molecule has 2 atom stereocenters. The molecule has 0 saturated heterocycles. The van der Waals surface area contributed by atoms with Gasteiger partial charge in [0.15, 0.2) is 0 Å². The van der Waals surface area contributed by atoms with Crippen LogP contribution in [-0.2, 0) is 0 Å². The van der Waals surface area contributed by atoms with E-state index in [9.17, 15) is 9.90 Å². The number of fused-ring (bicyclic) bond motifs is 1. The van der Waals surface area contributed by atoms with E-state index in [-0.39, 0.29) is 17.7 Å². The smallest absolute Gasteiger partial charge is 0.257 e. The van der Waals surface area contributed by atoms with Gasteiger partial charge in [0.05, 0.1) is 12.1 Å². The number of aliphatic hydroxyl groups is 1. The van der Waals surface area contributed by atoms with Crippen molar-refractivity contribution < 1.29 is 5.11 Å². The third kappa shape index (κ3) is 2.49. The van der Waals surface area contributed by atoms with Crippen molar-refractivity contribution in [2.45, 2.75) is 37.8 Å². The number of aliphatic hydroxyl groups excluding tert-OH is 1. The van der Waals surface area contributed by atoms with Crippen LogP contribution in [0.25, 0.3) is 10.8 Å². The zero-order valence-electron chi connectivity index (χ0n) is 10.7. The second kappa shape index (κ2) is 5.05. The van der Waals surface area contributed by atoms with Gasteiger partial charge >= 0.3 is 0 Å². The van der Waals surface area contributed by atoms with Crippen molar-refractivity contribution in [1.29, 1.82) is 0 Å². The van der Waals surface area contributed by atoms with Crippen molar-refractivity contribution in [3.8, 4) is 0 Å². The third-order valence-electron chi connectivity index (χ3n) is 3.82. The lowest BCUT2D eigenvalue weighted by Crippen LogP contribution is -2.36. The first-order valence-electron chi connectivity index (χ1n) is 6.81. The van der Waals surface area contributed by atoms with Crippen molar-refractivity contribution in [2.75, 3.05) is 5.32 Å². The Bertz CT molecular complexity index is 635. The van der Waals surface area contributed by atoms with Gasteiger partial charge in [0.25, 0.3) is 5.56 Å². The van der Waals surface area contributed by atoms with E-state index in [0.29, 0.717) is 11.2 Å². The molecular formula is C15H18N2O2. The first-order chi connectivity index (χ1) is 9.24. The number of hydrogen-bond donors (Lipinski definition) is 3. The Labute approximate surface area is 111 Å². The summed E-state index contributed by atoms with van der Waals surface area (Å²) in [6.45, 7) is 0. The van der Waals surface area contributed by atoms with Crippen LogP contribution in [0, 0.1) is 0 Å². The number of rotatable bonds is 2. The molecule has 0 aliphatic heterocycles. The van der Waals surface area contributed by atoms with Crippen LogP contribution in [0.1, 0.15) is 25.7 Å². The average molecular weight is 258 g/mol. The molecule has 1 fully saturated rings. The molecule has 19 heavy (non-hydrogen) atoms. The summed E-state index contributed by atoms with van der Waals surface area (Å²) >= 11 is 0. The van der Waals surface area contributed by atoms with Crippen LogP contribution >= 0.6 is 0 Å². The second-order valence-electron chi connectivity index (χ2n) is 5.20.